The van der Waals surface area contributed by atoms with Crippen LogP contribution in [0.1, 0.15) is 20.4 Å². The molecule has 0 bridgehead atoms. The monoisotopic (exact) mass is 250 g/mol. The maximum atomic E-state index is 10.7. The number of carbonyl (C=O) groups is 1. The summed E-state index contributed by atoms with van der Waals surface area (Å²) < 4.78 is 0. The van der Waals surface area contributed by atoms with Gasteiger partial charge in [0.2, 0.25) is 0 Å². The van der Waals surface area contributed by atoms with E-state index < -0.39 is 5.97 Å². The van der Waals surface area contributed by atoms with Crippen LogP contribution in [0.4, 0.5) is 5.82 Å². The minimum absolute atomic E-state index is 0.0736. The highest BCUT2D eigenvalue weighted by Gasteiger charge is 2.06. The fourth-order valence-corrected chi connectivity index (χ4v) is 1.95. The summed E-state index contributed by atoms with van der Waals surface area (Å²) in [5.74, 6) is -0.647. The van der Waals surface area contributed by atoms with Gasteiger partial charge in [-0.2, -0.15) is 0 Å². The van der Waals surface area contributed by atoms with Gasteiger partial charge in [0.1, 0.15) is 5.82 Å². The van der Waals surface area contributed by atoms with Gasteiger partial charge >= 0.3 is 5.97 Å². The van der Waals surface area contributed by atoms with Crippen LogP contribution in [0.5, 0.6) is 0 Å². The van der Waals surface area contributed by atoms with Crippen LogP contribution < -0.4 is 5.32 Å². The number of aromatic carboxylic acids is 1. The van der Waals surface area contributed by atoms with Crippen LogP contribution in [0.3, 0.4) is 0 Å². The van der Waals surface area contributed by atoms with E-state index in [4.69, 9.17) is 5.11 Å². The van der Waals surface area contributed by atoms with Crippen molar-refractivity contribution in [1.29, 1.82) is 0 Å². The first kappa shape index (κ1) is 11.5. The van der Waals surface area contributed by atoms with Crippen LogP contribution in [0.15, 0.2) is 18.6 Å². The lowest BCUT2D eigenvalue weighted by Gasteiger charge is -2.03. The van der Waals surface area contributed by atoms with Gasteiger partial charge in [0.25, 0.3) is 0 Å². The molecule has 0 radical (unpaired) electrons. The van der Waals surface area contributed by atoms with Gasteiger partial charge < -0.3 is 10.4 Å². The molecule has 6 nitrogen and oxygen atoms in total. The van der Waals surface area contributed by atoms with Crippen molar-refractivity contribution >= 4 is 23.1 Å². The molecule has 0 aromatic carbocycles. The molecule has 2 aromatic heterocycles. The Balaban J connectivity index is 2.04. The minimum atomic E-state index is -1.09. The van der Waals surface area contributed by atoms with Crippen molar-refractivity contribution in [2.24, 2.45) is 0 Å². The molecule has 0 saturated carbocycles. The largest absolute Gasteiger partial charge is 0.476 e. The molecule has 0 unspecified atom stereocenters. The molecule has 88 valence electrons. The highest BCUT2D eigenvalue weighted by molar-refractivity contribution is 7.11. The lowest BCUT2D eigenvalue weighted by atomic mass is 10.4. The summed E-state index contributed by atoms with van der Waals surface area (Å²) in [6.45, 7) is 2.49. The molecule has 2 rings (SSSR count). The number of nitrogens with one attached hydrogen (secondary N) is 1. The van der Waals surface area contributed by atoms with E-state index in [1.807, 2.05) is 6.92 Å². The maximum absolute atomic E-state index is 10.7. The van der Waals surface area contributed by atoms with E-state index in [2.05, 4.69) is 20.3 Å². The molecule has 7 heteroatoms. The van der Waals surface area contributed by atoms with E-state index in [0.717, 1.165) is 9.88 Å². The first-order valence-corrected chi connectivity index (χ1v) is 5.67. The maximum Gasteiger partial charge on any atom is 0.356 e. The molecule has 0 amide bonds. The molecule has 2 aromatic rings. The van der Waals surface area contributed by atoms with Gasteiger partial charge in [0, 0.05) is 11.1 Å². The molecule has 2 heterocycles. The Hall–Kier alpha value is -2.02. The predicted molar refractivity (Wildman–Crippen MR) is 63.2 cm³/mol. The second-order valence-electron chi connectivity index (χ2n) is 3.29. The van der Waals surface area contributed by atoms with Crippen molar-refractivity contribution in [3.05, 3.63) is 34.2 Å². The van der Waals surface area contributed by atoms with Crippen molar-refractivity contribution in [3.63, 3.8) is 0 Å². The SMILES string of the molecule is Cc1ncc(CNc2cncc(C(=O)O)n2)s1. The first-order chi connectivity index (χ1) is 8.15. The molecule has 17 heavy (non-hydrogen) atoms. The first-order valence-electron chi connectivity index (χ1n) is 4.85. The molecule has 0 aliphatic carbocycles. The van der Waals surface area contributed by atoms with Gasteiger partial charge in [-0.1, -0.05) is 0 Å². The summed E-state index contributed by atoms with van der Waals surface area (Å²) in [5, 5.41) is 12.8. The van der Waals surface area contributed by atoms with Crippen LogP contribution in [-0.2, 0) is 6.54 Å². The fraction of sp³-hybridized carbons (Fsp3) is 0.200. The van der Waals surface area contributed by atoms with Crippen molar-refractivity contribution < 1.29 is 9.90 Å². The zero-order chi connectivity index (χ0) is 12.3. The Morgan fingerprint density at radius 3 is 2.94 bits per heavy atom. The van der Waals surface area contributed by atoms with Crippen molar-refractivity contribution in [2.45, 2.75) is 13.5 Å². The van der Waals surface area contributed by atoms with Gasteiger partial charge in [-0.05, 0) is 6.92 Å². The predicted octanol–water partition coefficient (Wildman–Crippen LogP) is 1.55. The van der Waals surface area contributed by atoms with E-state index in [-0.39, 0.29) is 5.69 Å². The molecule has 0 atom stereocenters. The van der Waals surface area contributed by atoms with E-state index in [1.54, 1.807) is 17.5 Å². The number of carboxylic acid groups (broad SMARTS) is 1. The zero-order valence-corrected chi connectivity index (χ0v) is 9.86. The molecule has 2 N–H and O–H groups in total. The number of anilines is 1. The summed E-state index contributed by atoms with van der Waals surface area (Å²) in [4.78, 5) is 23.6. The molecule has 0 saturated heterocycles. The second kappa shape index (κ2) is 4.88. The average molecular weight is 250 g/mol. The van der Waals surface area contributed by atoms with E-state index >= 15 is 0 Å². The van der Waals surface area contributed by atoms with Gasteiger partial charge in [-0.15, -0.1) is 11.3 Å². The smallest absolute Gasteiger partial charge is 0.356 e. The summed E-state index contributed by atoms with van der Waals surface area (Å²) in [7, 11) is 0. The number of hydrogen-bond donors (Lipinski definition) is 2. The lowest BCUT2D eigenvalue weighted by molar-refractivity contribution is 0.0690. The normalized spacial score (nSPS) is 10.2. The summed E-state index contributed by atoms with van der Waals surface area (Å²) in [5.41, 5.74) is -0.0736. The number of hydrogen-bond acceptors (Lipinski definition) is 6. The quantitative estimate of drug-likeness (QED) is 0.856. The van der Waals surface area contributed by atoms with Gasteiger partial charge in [0.15, 0.2) is 5.69 Å². The van der Waals surface area contributed by atoms with E-state index in [1.165, 1.54) is 12.4 Å². The van der Waals surface area contributed by atoms with Crippen molar-refractivity contribution in [2.75, 3.05) is 5.32 Å². The summed E-state index contributed by atoms with van der Waals surface area (Å²) in [6.07, 6.45) is 4.48. The zero-order valence-electron chi connectivity index (χ0n) is 9.04. The Morgan fingerprint density at radius 2 is 2.29 bits per heavy atom. The van der Waals surface area contributed by atoms with E-state index in [9.17, 15) is 4.79 Å². The number of nitrogens with zero attached hydrogens (tertiary/aromatic N) is 3. The van der Waals surface area contributed by atoms with Crippen LogP contribution in [0, 0.1) is 6.92 Å². The van der Waals surface area contributed by atoms with Crippen LogP contribution in [0.25, 0.3) is 0 Å². The Labute approximate surface area is 101 Å². The third-order valence-electron chi connectivity index (χ3n) is 1.97. The second-order valence-corrected chi connectivity index (χ2v) is 4.61. The van der Waals surface area contributed by atoms with Gasteiger partial charge in [-0.3, -0.25) is 4.98 Å². The van der Waals surface area contributed by atoms with Crippen LogP contribution in [0.2, 0.25) is 0 Å². The molecular weight excluding hydrogens is 240 g/mol. The molecule has 0 spiro atoms. The Kier molecular flexibility index (Phi) is 3.29. The highest BCUT2D eigenvalue weighted by Crippen LogP contribution is 2.13. The third kappa shape index (κ3) is 2.97. The number of thiazole rings is 1. The summed E-state index contributed by atoms with van der Waals surface area (Å²) in [6, 6.07) is 0. The number of aromatic nitrogens is 3. The highest BCUT2D eigenvalue weighted by atomic mass is 32.1. The van der Waals surface area contributed by atoms with Gasteiger partial charge in [0.05, 0.1) is 23.9 Å². The standard InChI is InChI=1S/C10H10N4O2S/c1-6-12-2-7(17-6)3-13-9-5-11-4-8(14-9)10(15)16/h2,4-5H,3H2,1H3,(H,13,14)(H,15,16). The Bertz CT molecular complexity index is 541. The van der Waals surface area contributed by atoms with Crippen LogP contribution >= 0.6 is 11.3 Å². The molecule has 0 aliphatic rings. The van der Waals surface area contributed by atoms with Crippen molar-refractivity contribution in [3.8, 4) is 0 Å². The van der Waals surface area contributed by atoms with Crippen molar-refractivity contribution in [1.82, 2.24) is 15.0 Å². The van der Waals surface area contributed by atoms with Crippen LogP contribution in [-0.4, -0.2) is 26.0 Å². The third-order valence-corrected chi connectivity index (χ3v) is 2.88. The van der Waals surface area contributed by atoms with E-state index in [0.29, 0.717) is 12.4 Å². The topological polar surface area (TPSA) is 88.0 Å². The average Bonchev–Trinajstić information content (AvgIpc) is 2.73. The Morgan fingerprint density at radius 1 is 1.47 bits per heavy atom. The molecular formula is C10H10N4O2S. The molecule has 0 fully saturated rings. The lowest BCUT2D eigenvalue weighted by Crippen LogP contribution is -2.06. The minimum Gasteiger partial charge on any atom is -0.476 e. The number of rotatable bonds is 4. The number of carboxylic acids is 1. The number of aryl methyl sites for hydroxylation is 1. The summed E-state index contributed by atoms with van der Waals surface area (Å²) >= 11 is 1.58. The van der Waals surface area contributed by atoms with Gasteiger partial charge in [-0.25, -0.2) is 14.8 Å². The fourth-order valence-electron chi connectivity index (χ4n) is 1.22. The molecule has 0 aliphatic heterocycles.